The summed E-state index contributed by atoms with van der Waals surface area (Å²) in [5, 5.41) is 8.43. The van der Waals surface area contributed by atoms with Gasteiger partial charge in [0.1, 0.15) is 11.0 Å². The van der Waals surface area contributed by atoms with E-state index < -0.39 is 28.5 Å². The minimum Gasteiger partial charge on any atom is -0.616 e. The number of hydrogen-bond acceptors (Lipinski definition) is 7. The van der Waals surface area contributed by atoms with Crippen molar-refractivity contribution in [3.63, 3.8) is 0 Å². The summed E-state index contributed by atoms with van der Waals surface area (Å²) in [4.78, 5) is 31.1. The Kier molecular flexibility index (Phi) is 11.0. The van der Waals surface area contributed by atoms with Gasteiger partial charge in [-0.3, -0.25) is 10.1 Å². The van der Waals surface area contributed by atoms with Gasteiger partial charge in [0, 0.05) is 53.4 Å². The Morgan fingerprint density at radius 3 is 2.97 bits per heavy atom. The molecule has 36 heavy (non-hydrogen) atoms. The molecule has 0 aromatic heterocycles. The summed E-state index contributed by atoms with van der Waals surface area (Å²) < 4.78 is 13.3. The minimum atomic E-state index is -0.846. The number of carbonyl (C=O) groups excluding carboxylic acids is 2. The molecule has 12 heteroatoms. The number of likely N-dealkylation sites (N-methyl/N-ethyl adjacent to an activating group) is 1. The fraction of sp³-hybridized carbons (Fsp3) is 0.750. The smallest absolute Gasteiger partial charge is 0.323 e. The van der Waals surface area contributed by atoms with E-state index in [9.17, 15) is 14.1 Å². The van der Waals surface area contributed by atoms with Gasteiger partial charge in [0.25, 0.3) is 0 Å². The largest absolute Gasteiger partial charge is 0.616 e. The monoisotopic (exact) mass is 669 g/mol. The molecule has 1 saturated heterocycles. The van der Waals surface area contributed by atoms with Crippen molar-refractivity contribution in [3.8, 4) is 0 Å². The Bertz CT molecular complexity index is 866. The van der Waals surface area contributed by atoms with Crippen molar-refractivity contribution in [1.29, 1.82) is 0 Å². The number of amides is 3. The van der Waals surface area contributed by atoms with E-state index in [1.54, 1.807) is 11.8 Å². The normalized spacial score (nSPS) is 32.4. The Morgan fingerprint density at radius 2 is 2.14 bits per heavy atom. The molecule has 2 heterocycles. The predicted octanol–water partition coefficient (Wildman–Crippen LogP) is 2.96. The van der Waals surface area contributed by atoms with Crippen LogP contribution in [-0.4, -0.2) is 91.9 Å². The highest BCUT2D eigenvalue weighted by atomic mass is 127. The Labute approximate surface area is 240 Å². The molecule has 0 spiro atoms. The number of carbonyl (C=O) groups is 2. The molecule has 6 atom stereocenters. The highest BCUT2D eigenvalue weighted by Gasteiger charge is 2.36. The maximum Gasteiger partial charge on any atom is 0.323 e. The van der Waals surface area contributed by atoms with Crippen molar-refractivity contribution in [2.24, 2.45) is 5.92 Å². The van der Waals surface area contributed by atoms with Gasteiger partial charge in [-0.25, -0.2) is 4.79 Å². The molecular weight excluding hydrogens is 633 g/mol. The van der Waals surface area contributed by atoms with Crippen molar-refractivity contribution in [1.82, 2.24) is 25.8 Å². The lowest BCUT2D eigenvalue weighted by atomic mass is 9.93. The maximum absolute atomic E-state index is 13.0. The molecule has 8 nitrogen and oxygen atoms in total. The van der Waals surface area contributed by atoms with Crippen LogP contribution in [0.1, 0.15) is 38.5 Å². The van der Waals surface area contributed by atoms with E-state index in [0.29, 0.717) is 6.42 Å². The fourth-order valence-electron chi connectivity index (χ4n) is 5.11. The van der Waals surface area contributed by atoms with Gasteiger partial charge in [-0.2, -0.15) is 0 Å². The van der Waals surface area contributed by atoms with E-state index in [2.05, 4.69) is 55.4 Å². The third kappa shape index (κ3) is 8.16. The molecule has 1 fully saturated rings. The zero-order chi connectivity index (χ0) is 25.7. The molecule has 3 N–H and O–H groups in total. The van der Waals surface area contributed by atoms with E-state index in [4.69, 9.17) is 11.6 Å². The van der Waals surface area contributed by atoms with Crippen LogP contribution < -0.4 is 16.0 Å². The fourth-order valence-corrected chi connectivity index (χ4v) is 9.04. The first kappa shape index (κ1) is 28.8. The Morgan fingerprint density at radius 1 is 1.31 bits per heavy atom. The number of nitrogens with zero attached hydrogens (tertiary/aromatic N) is 2. The lowest BCUT2D eigenvalue weighted by Gasteiger charge is -2.27. The number of alkyl halides is 2. The van der Waals surface area contributed by atoms with E-state index in [1.807, 2.05) is 12.2 Å². The lowest BCUT2D eigenvalue weighted by Crippen LogP contribution is -2.50. The molecule has 0 aromatic rings. The summed E-state index contributed by atoms with van der Waals surface area (Å²) in [6, 6.07) is -0.520. The summed E-state index contributed by atoms with van der Waals surface area (Å²) in [5.74, 6) is -0.0157. The Balaban J connectivity index is 1.16. The first-order valence-electron chi connectivity index (χ1n) is 12.8. The number of imide groups is 1. The summed E-state index contributed by atoms with van der Waals surface area (Å²) >= 11 is 9.24. The van der Waals surface area contributed by atoms with Gasteiger partial charge in [0.05, 0.1) is 11.3 Å². The van der Waals surface area contributed by atoms with Crippen LogP contribution in [0.3, 0.4) is 0 Å². The topological polar surface area (TPSA) is 99.8 Å². The first-order chi connectivity index (χ1) is 17.3. The summed E-state index contributed by atoms with van der Waals surface area (Å²) in [6.45, 7) is 5.53. The van der Waals surface area contributed by atoms with Crippen molar-refractivity contribution in [2.45, 2.75) is 58.6 Å². The van der Waals surface area contributed by atoms with Gasteiger partial charge < -0.3 is 25.0 Å². The molecule has 3 amide bonds. The van der Waals surface area contributed by atoms with Gasteiger partial charge in [0.15, 0.2) is 5.50 Å². The average Bonchev–Trinajstić information content (AvgIpc) is 3.12. The highest BCUT2D eigenvalue weighted by Crippen LogP contribution is 2.40. The number of urea groups is 1. The highest BCUT2D eigenvalue weighted by molar-refractivity contribution is 14.1. The lowest BCUT2D eigenvalue weighted by molar-refractivity contribution is -0.123. The second-order valence-electron chi connectivity index (χ2n) is 10.00. The number of halogens is 2. The number of nitrogens with one attached hydrogen (secondary N) is 3. The van der Waals surface area contributed by atoms with Crippen LogP contribution in [0.15, 0.2) is 22.8 Å². The molecule has 0 radical (unpaired) electrons. The van der Waals surface area contributed by atoms with E-state index in [1.165, 1.54) is 11.3 Å². The van der Waals surface area contributed by atoms with Gasteiger partial charge in [-0.05, 0) is 39.4 Å². The second kappa shape index (κ2) is 13.7. The zero-order valence-corrected chi connectivity index (χ0v) is 25.3. The minimum absolute atomic E-state index is 0.170. The van der Waals surface area contributed by atoms with Crippen molar-refractivity contribution in [2.75, 3.05) is 45.5 Å². The molecule has 4 aliphatic rings. The average molecular weight is 670 g/mol. The molecule has 0 aromatic carbocycles. The Hall–Kier alpha value is -0.180. The van der Waals surface area contributed by atoms with Gasteiger partial charge in [0.2, 0.25) is 5.91 Å². The van der Waals surface area contributed by atoms with E-state index in [0.717, 1.165) is 69.9 Å². The van der Waals surface area contributed by atoms with Crippen LogP contribution in [0.25, 0.3) is 0 Å². The molecule has 0 bridgehead atoms. The van der Waals surface area contributed by atoms with E-state index >= 15 is 0 Å². The second-order valence-corrected chi connectivity index (χ2v) is 15.1. The molecule has 2 unspecified atom stereocenters. The molecule has 2 aliphatic carbocycles. The SMILES string of the molecule is CN1CCCN(CCC[S+]([O-])[C@@H]2CCC3=C(C2)S[C@@H](NC(=O)NC(=O)C2C[C@@H](I)C=C[C@H]2Cl)N3)CC1. The van der Waals surface area contributed by atoms with Crippen molar-refractivity contribution < 1.29 is 14.1 Å². The third-order valence-electron chi connectivity index (χ3n) is 7.24. The summed E-state index contributed by atoms with van der Waals surface area (Å²) in [6.07, 6.45) is 9.13. The van der Waals surface area contributed by atoms with Gasteiger partial charge in [-0.15, -0.1) is 11.6 Å². The number of thioether (sulfide) groups is 1. The zero-order valence-electron chi connectivity index (χ0n) is 20.7. The predicted molar refractivity (Wildman–Crippen MR) is 157 cm³/mol. The van der Waals surface area contributed by atoms with Crippen molar-refractivity contribution in [3.05, 3.63) is 22.8 Å². The number of rotatable bonds is 7. The standard InChI is InChI=1S/C24H37ClIN5O3S2/c1-30-8-2-9-31(12-11-30)10-3-13-36(34)17-5-7-20-21(15-17)35-24(27-20)29-23(33)28-22(32)18-14-16(26)4-6-19(18)25/h4,6,16-19,24,27H,2-3,5,7-15H2,1H3,(H2,28,29,32,33)/t16-,17+,18?,19+,24+,36?/m0/s1. The maximum atomic E-state index is 13.0. The van der Waals surface area contributed by atoms with Crippen LogP contribution in [0.4, 0.5) is 4.79 Å². The van der Waals surface area contributed by atoms with Gasteiger partial charge in [-0.1, -0.05) is 57.7 Å². The van der Waals surface area contributed by atoms with E-state index in [-0.39, 0.29) is 20.6 Å². The third-order valence-corrected chi connectivity index (χ3v) is 11.6. The van der Waals surface area contributed by atoms with Crippen LogP contribution in [0.5, 0.6) is 0 Å². The van der Waals surface area contributed by atoms with Crippen LogP contribution in [0.2, 0.25) is 0 Å². The molecule has 2 aliphatic heterocycles. The molecule has 4 rings (SSSR count). The van der Waals surface area contributed by atoms with Crippen LogP contribution >= 0.6 is 46.0 Å². The molecule has 0 saturated carbocycles. The van der Waals surface area contributed by atoms with Crippen molar-refractivity contribution >= 4 is 69.1 Å². The molecule has 202 valence electrons. The summed E-state index contributed by atoms with van der Waals surface area (Å²) in [5.41, 5.74) is 0.802. The first-order valence-corrected chi connectivity index (χ1v) is 16.7. The number of hydrogen-bond donors (Lipinski definition) is 3. The molecular formula is C24H37ClIN5O3S2. The quantitative estimate of drug-likeness (QED) is 0.166. The number of allylic oxidation sites excluding steroid dienone is 4. The van der Waals surface area contributed by atoms with Gasteiger partial charge >= 0.3 is 6.03 Å². The van der Waals surface area contributed by atoms with Crippen LogP contribution in [-0.2, 0) is 16.0 Å². The van der Waals surface area contributed by atoms with Crippen LogP contribution in [0, 0.1) is 5.92 Å². The summed E-state index contributed by atoms with van der Waals surface area (Å²) in [7, 11) is 2.18.